The Hall–Kier alpha value is -5.78. The number of hydrogen-bond acceptors (Lipinski definition) is 8. The van der Waals surface area contributed by atoms with Crippen molar-refractivity contribution in [3.8, 4) is 6.07 Å². The van der Waals surface area contributed by atoms with Crippen LogP contribution < -0.4 is 20.9 Å². The van der Waals surface area contributed by atoms with Gasteiger partial charge in [0.15, 0.2) is 0 Å². The minimum Gasteiger partial charge on any atom is -0.352 e. The predicted octanol–water partition coefficient (Wildman–Crippen LogP) is 4.51. The molecule has 0 spiro atoms. The molecule has 2 aliphatic carbocycles. The largest absolute Gasteiger partial charge is 0.352 e. The average molecular weight is 795 g/mol. The number of nitrogens with zero attached hydrogens (tertiary/aromatic N) is 6. The van der Waals surface area contributed by atoms with Crippen LogP contribution in [0.25, 0.3) is 0 Å². The zero-order valence-electron chi connectivity index (χ0n) is 30.6. The Bertz CT molecular complexity index is 2330. The number of nitriles is 1. The van der Waals surface area contributed by atoms with E-state index in [0.29, 0.717) is 77.7 Å². The monoisotopic (exact) mass is 793 g/mol. The van der Waals surface area contributed by atoms with Crippen LogP contribution in [0.4, 0.5) is 11.6 Å². The molecule has 16 heteroatoms. The number of likely N-dealkylation sites (tertiary alicyclic amines) is 1. The second kappa shape index (κ2) is 13.8. The minimum atomic E-state index is -1.35. The van der Waals surface area contributed by atoms with Crippen LogP contribution in [-0.2, 0) is 31.9 Å². The number of halogens is 2. The van der Waals surface area contributed by atoms with Crippen molar-refractivity contribution in [1.82, 2.24) is 35.4 Å². The molecule has 4 heterocycles. The summed E-state index contributed by atoms with van der Waals surface area (Å²) in [4.78, 5) is 79.4. The van der Waals surface area contributed by atoms with Crippen molar-refractivity contribution in [2.45, 2.75) is 75.0 Å². The summed E-state index contributed by atoms with van der Waals surface area (Å²) in [5.41, 5.74) is -0.540. The number of carbonyl (C=O) groups excluding carboxylic acids is 5. The van der Waals surface area contributed by atoms with E-state index in [1.54, 1.807) is 71.0 Å². The maximum Gasteiger partial charge on any atom is 0.270 e. The topological polar surface area (TPSA) is 182 Å². The van der Waals surface area contributed by atoms with Crippen molar-refractivity contribution >= 4 is 64.4 Å². The van der Waals surface area contributed by atoms with E-state index in [0.717, 1.165) is 5.56 Å². The van der Waals surface area contributed by atoms with Crippen molar-refractivity contribution in [2.24, 2.45) is 0 Å². The van der Waals surface area contributed by atoms with Crippen molar-refractivity contribution in [1.29, 1.82) is 5.26 Å². The fourth-order valence-electron chi connectivity index (χ4n) is 7.78. The number of imidazole rings is 1. The molecule has 56 heavy (non-hydrogen) atoms. The Labute approximate surface area is 332 Å². The second-order valence-electron chi connectivity index (χ2n) is 15.2. The molecule has 4 aliphatic rings. The summed E-state index contributed by atoms with van der Waals surface area (Å²) < 4.78 is 1.59. The molecule has 2 aliphatic heterocycles. The molecule has 0 bridgehead atoms. The van der Waals surface area contributed by atoms with E-state index in [2.05, 4.69) is 32.0 Å². The van der Waals surface area contributed by atoms with Crippen LogP contribution >= 0.6 is 23.2 Å². The van der Waals surface area contributed by atoms with Crippen molar-refractivity contribution < 1.29 is 24.0 Å². The van der Waals surface area contributed by atoms with Gasteiger partial charge in [0, 0.05) is 48.7 Å². The highest BCUT2D eigenvalue weighted by molar-refractivity contribution is 6.35. The van der Waals surface area contributed by atoms with Gasteiger partial charge in [0.05, 0.1) is 40.3 Å². The molecule has 14 nitrogen and oxygen atoms in total. The Morgan fingerprint density at radius 1 is 0.946 bits per heavy atom. The Kier molecular flexibility index (Phi) is 9.13. The predicted molar refractivity (Wildman–Crippen MR) is 205 cm³/mol. The van der Waals surface area contributed by atoms with Gasteiger partial charge < -0.3 is 20.9 Å². The average Bonchev–Trinajstić information content (AvgIpc) is 4.00. The van der Waals surface area contributed by atoms with E-state index in [4.69, 9.17) is 23.2 Å². The van der Waals surface area contributed by atoms with Crippen molar-refractivity contribution in [2.75, 3.05) is 18.0 Å². The highest BCUT2D eigenvalue weighted by Crippen LogP contribution is 2.47. The van der Waals surface area contributed by atoms with E-state index in [1.807, 2.05) is 0 Å². The molecule has 3 N–H and O–H groups in total. The standard InChI is InChI=1S/C40H37Cl2N9O5/c1-23(52)46-29-9-14-49(22-29)34(54)26-7-8-32(44-20-26)39(10-11-39)48-35(55)40(12-13-40)47-33(53)31-21-45-37-50(30-16-27(41)15-28(42)17-30)36(56)38(2,51(31)37)18-24-3-5-25(19-43)6-4-24/h3-8,15-17,20-21,29H,9-14,18,22H2,1-2H3,(H,46,52)(H,47,53)(H,48,55)/t29?,38-/m1/s1. The first-order valence-electron chi connectivity index (χ1n) is 18.3. The van der Waals surface area contributed by atoms with Gasteiger partial charge in [-0.25, -0.2) is 9.88 Å². The number of aromatic nitrogens is 3. The van der Waals surface area contributed by atoms with Crippen LogP contribution in [0.2, 0.25) is 10.0 Å². The fraction of sp³-hybridized carbons (Fsp3) is 0.350. The molecule has 2 aromatic heterocycles. The number of pyridine rings is 1. The first-order valence-corrected chi connectivity index (χ1v) is 19.1. The second-order valence-corrected chi connectivity index (χ2v) is 16.1. The maximum atomic E-state index is 14.4. The molecule has 4 aromatic rings. The molecular formula is C40H37Cl2N9O5. The highest BCUT2D eigenvalue weighted by atomic mass is 35.5. The number of amides is 5. The molecule has 3 fully saturated rings. The highest BCUT2D eigenvalue weighted by Gasteiger charge is 2.57. The number of carbonyl (C=O) groups is 5. The number of rotatable bonds is 10. The molecule has 1 saturated heterocycles. The molecule has 0 radical (unpaired) electrons. The Morgan fingerprint density at radius 3 is 2.27 bits per heavy atom. The van der Waals surface area contributed by atoms with Gasteiger partial charge in [-0.3, -0.25) is 33.5 Å². The fourth-order valence-corrected chi connectivity index (χ4v) is 8.30. The molecule has 2 atom stereocenters. The van der Waals surface area contributed by atoms with Gasteiger partial charge in [-0.05, 0) is 87.1 Å². The number of nitrogens with one attached hydrogen (secondary N) is 3. The zero-order valence-corrected chi connectivity index (χ0v) is 32.1. The molecule has 2 aromatic carbocycles. The molecule has 286 valence electrons. The zero-order chi connectivity index (χ0) is 39.6. The van der Waals surface area contributed by atoms with Crippen molar-refractivity contribution in [3.05, 3.63) is 105 Å². The van der Waals surface area contributed by atoms with Crippen LogP contribution in [0.1, 0.15) is 83.6 Å². The van der Waals surface area contributed by atoms with E-state index in [-0.39, 0.29) is 47.7 Å². The third-order valence-electron chi connectivity index (χ3n) is 11.1. The SMILES string of the molecule is CC(=O)NC1CCN(C(=O)c2ccc(C3(NC(=O)C4(NC(=O)c5cnc6n5[C@](C)(Cc5ccc(C#N)cc5)C(=O)N6c5cc(Cl)cc(Cl)c5)CC4)CC3)nc2)C1. The third-order valence-corrected chi connectivity index (χ3v) is 11.5. The van der Waals surface area contributed by atoms with Crippen molar-refractivity contribution in [3.63, 3.8) is 0 Å². The summed E-state index contributed by atoms with van der Waals surface area (Å²) in [6, 6.07) is 17.1. The first kappa shape index (κ1) is 37.2. The summed E-state index contributed by atoms with van der Waals surface area (Å²) in [5, 5.41) is 18.9. The Balaban J connectivity index is 1.01. The van der Waals surface area contributed by atoms with E-state index in [9.17, 15) is 29.2 Å². The van der Waals surface area contributed by atoms with E-state index in [1.165, 1.54) is 24.2 Å². The lowest BCUT2D eigenvalue weighted by Gasteiger charge is -2.27. The number of fused-ring (bicyclic) bond motifs is 1. The summed E-state index contributed by atoms with van der Waals surface area (Å²) in [5.74, 6) is -1.42. The van der Waals surface area contributed by atoms with Gasteiger partial charge in [0.25, 0.3) is 17.7 Å². The summed E-state index contributed by atoms with van der Waals surface area (Å²) in [7, 11) is 0. The van der Waals surface area contributed by atoms with Crippen LogP contribution in [0.3, 0.4) is 0 Å². The smallest absolute Gasteiger partial charge is 0.270 e. The van der Waals surface area contributed by atoms with Gasteiger partial charge in [-0.1, -0.05) is 35.3 Å². The van der Waals surface area contributed by atoms with Crippen LogP contribution in [-0.4, -0.2) is 73.6 Å². The summed E-state index contributed by atoms with van der Waals surface area (Å²) in [6.45, 7) is 4.14. The lowest BCUT2D eigenvalue weighted by Crippen LogP contribution is -2.52. The van der Waals surface area contributed by atoms with Gasteiger partial charge in [-0.2, -0.15) is 5.26 Å². The molecule has 5 amide bonds. The normalized spacial score (nSPS) is 21.2. The first-order chi connectivity index (χ1) is 26.7. The molecule has 2 saturated carbocycles. The number of benzene rings is 2. The van der Waals surface area contributed by atoms with Gasteiger partial charge in [0.1, 0.15) is 16.8 Å². The van der Waals surface area contributed by atoms with E-state index >= 15 is 0 Å². The molecule has 1 unspecified atom stereocenters. The Morgan fingerprint density at radius 2 is 1.66 bits per heavy atom. The molecule has 8 rings (SSSR count). The van der Waals surface area contributed by atoms with E-state index < -0.39 is 22.5 Å². The summed E-state index contributed by atoms with van der Waals surface area (Å²) >= 11 is 12.7. The molecular weight excluding hydrogens is 757 g/mol. The lowest BCUT2D eigenvalue weighted by molar-refractivity contribution is -0.125. The minimum absolute atomic E-state index is 0.0807. The van der Waals surface area contributed by atoms with Gasteiger partial charge >= 0.3 is 0 Å². The number of anilines is 2. The van der Waals surface area contributed by atoms with Gasteiger partial charge in [-0.15, -0.1) is 0 Å². The van der Waals surface area contributed by atoms with Crippen LogP contribution in [0.5, 0.6) is 0 Å². The van der Waals surface area contributed by atoms with Crippen LogP contribution in [0.15, 0.2) is 67.0 Å². The summed E-state index contributed by atoms with van der Waals surface area (Å²) in [6.07, 6.45) is 5.85. The third kappa shape index (κ3) is 6.64. The lowest BCUT2D eigenvalue weighted by atomic mass is 9.91. The van der Waals surface area contributed by atoms with Crippen LogP contribution in [0, 0.1) is 11.3 Å². The quantitative estimate of drug-likeness (QED) is 0.210. The van der Waals surface area contributed by atoms with Gasteiger partial charge in [0.2, 0.25) is 17.8 Å². The maximum absolute atomic E-state index is 14.4. The number of hydrogen-bond donors (Lipinski definition) is 3.